The quantitative estimate of drug-likeness (QED) is 0.778. The lowest BCUT2D eigenvalue weighted by atomic mass is 10.1. The van der Waals surface area contributed by atoms with Gasteiger partial charge in [0.25, 0.3) is 0 Å². The predicted molar refractivity (Wildman–Crippen MR) is 67.3 cm³/mol. The summed E-state index contributed by atoms with van der Waals surface area (Å²) in [5, 5.41) is 2.27. The van der Waals surface area contributed by atoms with Gasteiger partial charge in [0.2, 0.25) is 0 Å². The standard InChI is InChI=1S/C12H14F3N3O2/c13-12(14,15)9-7-8(16)1-2-10(9)17-11(19)18-3-5-20-6-4-18/h1-2,7H,3-6,16H2,(H,17,19). The number of halogens is 3. The lowest BCUT2D eigenvalue weighted by molar-refractivity contribution is -0.136. The second-order valence-electron chi connectivity index (χ2n) is 4.33. The van der Waals surface area contributed by atoms with Crippen LogP contribution in [0.3, 0.4) is 0 Å². The molecule has 1 aliphatic heterocycles. The minimum Gasteiger partial charge on any atom is -0.399 e. The van der Waals surface area contributed by atoms with Crippen LogP contribution in [0.4, 0.5) is 29.3 Å². The molecule has 1 aromatic rings. The number of morpholine rings is 1. The van der Waals surface area contributed by atoms with Gasteiger partial charge in [-0.3, -0.25) is 0 Å². The summed E-state index contributed by atoms with van der Waals surface area (Å²) in [6.07, 6.45) is -4.58. The number of ether oxygens (including phenoxy) is 1. The summed E-state index contributed by atoms with van der Waals surface area (Å²) in [6, 6.07) is 2.68. The van der Waals surface area contributed by atoms with Crippen LogP contribution in [-0.4, -0.2) is 37.2 Å². The van der Waals surface area contributed by atoms with Crippen LogP contribution in [0.5, 0.6) is 0 Å². The van der Waals surface area contributed by atoms with E-state index < -0.39 is 17.8 Å². The molecule has 1 saturated heterocycles. The summed E-state index contributed by atoms with van der Waals surface area (Å²) in [7, 11) is 0. The molecule has 3 N–H and O–H groups in total. The van der Waals surface area contributed by atoms with Crippen LogP contribution in [0.15, 0.2) is 18.2 Å². The molecule has 1 fully saturated rings. The van der Waals surface area contributed by atoms with Crippen molar-refractivity contribution in [2.75, 3.05) is 37.4 Å². The fraction of sp³-hybridized carbons (Fsp3) is 0.417. The van der Waals surface area contributed by atoms with E-state index in [0.29, 0.717) is 26.3 Å². The molecular weight excluding hydrogens is 275 g/mol. The third-order valence-electron chi connectivity index (χ3n) is 2.89. The number of alkyl halides is 3. The molecule has 0 atom stereocenters. The minimum absolute atomic E-state index is 0.0123. The van der Waals surface area contributed by atoms with Gasteiger partial charge in [-0.15, -0.1) is 0 Å². The maximum Gasteiger partial charge on any atom is 0.418 e. The first kappa shape index (κ1) is 14.4. The number of nitrogens with two attached hydrogens (primary N) is 1. The monoisotopic (exact) mass is 289 g/mol. The Morgan fingerprint density at radius 2 is 1.95 bits per heavy atom. The zero-order valence-corrected chi connectivity index (χ0v) is 10.5. The number of hydrogen-bond acceptors (Lipinski definition) is 3. The van der Waals surface area contributed by atoms with Gasteiger partial charge in [-0.1, -0.05) is 0 Å². The number of nitrogens with one attached hydrogen (secondary N) is 1. The predicted octanol–water partition coefficient (Wildman–Crippen LogP) is 2.15. The molecule has 8 heteroatoms. The Kier molecular flexibility index (Phi) is 4.03. The molecule has 0 aromatic heterocycles. The first-order chi connectivity index (χ1) is 9.38. The highest BCUT2D eigenvalue weighted by molar-refractivity contribution is 5.90. The summed E-state index contributed by atoms with van der Waals surface area (Å²) in [5.74, 6) is 0. The number of urea groups is 1. The van der Waals surface area contributed by atoms with Gasteiger partial charge < -0.3 is 20.7 Å². The Hall–Kier alpha value is -1.96. The highest BCUT2D eigenvalue weighted by Gasteiger charge is 2.34. The molecule has 0 unspecified atom stereocenters. The summed E-state index contributed by atoms with van der Waals surface area (Å²) in [5.41, 5.74) is 4.08. The molecule has 0 spiro atoms. The van der Waals surface area contributed by atoms with Gasteiger partial charge in [0.05, 0.1) is 24.5 Å². The summed E-state index contributed by atoms with van der Waals surface area (Å²) in [6.45, 7) is 1.45. The number of nitrogens with zero attached hydrogens (tertiary/aromatic N) is 1. The molecule has 1 aliphatic rings. The minimum atomic E-state index is -4.58. The van der Waals surface area contributed by atoms with Gasteiger partial charge in [-0.25, -0.2) is 4.79 Å². The summed E-state index contributed by atoms with van der Waals surface area (Å²) in [4.78, 5) is 13.3. The lowest BCUT2D eigenvalue weighted by Gasteiger charge is -2.27. The van der Waals surface area contributed by atoms with Crippen molar-refractivity contribution in [2.45, 2.75) is 6.18 Å². The average Bonchev–Trinajstić information content (AvgIpc) is 2.40. The van der Waals surface area contributed by atoms with Crippen LogP contribution >= 0.6 is 0 Å². The molecule has 1 heterocycles. The van der Waals surface area contributed by atoms with Gasteiger partial charge in [0.1, 0.15) is 0 Å². The molecule has 0 bridgehead atoms. The maximum absolute atomic E-state index is 12.9. The molecule has 5 nitrogen and oxygen atoms in total. The number of hydrogen-bond donors (Lipinski definition) is 2. The van der Waals surface area contributed by atoms with Crippen LogP contribution < -0.4 is 11.1 Å². The molecule has 20 heavy (non-hydrogen) atoms. The molecular formula is C12H14F3N3O2. The number of anilines is 2. The Bertz CT molecular complexity index is 499. The highest BCUT2D eigenvalue weighted by atomic mass is 19.4. The van der Waals surface area contributed by atoms with E-state index in [1.807, 2.05) is 0 Å². The van der Waals surface area contributed by atoms with Crippen molar-refractivity contribution >= 4 is 17.4 Å². The van der Waals surface area contributed by atoms with E-state index >= 15 is 0 Å². The van der Waals surface area contributed by atoms with Crippen LogP contribution in [0, 0.1) is 0 Å². The number of benzene rings is 1. The van der Waals surface area contributed by atoms with Crippen molar-refractivity contribution in [3.05, 3.63) is 23.8 Å². The Morgan fingerprint density at radius 1 is 1.30 bits per heavy atom. The first-order valence-electron chi connectivity index (χ1n) is 5.98. The molecule has 110 valence electrons. The average molecular weight is 289 g/mol. The van der Waals surface area contributed by atoms with Crippen LogP contribution in [0.1, 0.15) is 5.56 Å². The fourth-order valence-electron chi connectivity index (χ4n) is 1.87. The van der Waals surface area contributed by atoms with Crippen molar-refractivity contribution in [1.29, 1.82) is 0 Å². The van der Waals surface area contributed by atoms with E-state index in [9.17, 15) is 18.0 Å². The highest BCUT2D eigenvalue weighted by Crippen LogP contribution is 2.36. The van der Waals surface area contributed by atoms with Gasteiger partial charge in [-0.05, 0) is 18.2 Å². The van der Waals surface area contributed by atoms with Crippen molar-refractivity contribution in [1.82, 2.24) is 4.90 Å². The summed E-state index contributed by atoms with van der Waals surface area (Å²) < 4.78 is 43.7. The van der Waals surface area contributed by atoms with Crippen molar-refractivity contribution in [2.24, 2.45) is 0 Å². The zero-order chi connectivity index (χ0) is 14.8. The third-order valence-corrected chi connectivity index (χ3v) is 2.89. The lowest BCUT2D eigenvalue weighted by Crippen LogP contribution is -2.43. The topological polar surface area (TPSA) is 67.6 Å². The van der Waals surface area contributed by atoms with Crippen LogP contribution in [0.2, 0.25) is 0 Å². The van der Waals surface area contributed by atoms with Crippen molar-refractivity contribution in [3.63, 3.8) is 0 Å². The maximum atomic E-state index is 12.9. The Morgan fingerprint density at radius 3 is 2.55 bits per heavy atom. The second kappa shape index (κ2) is 5.58. The van der Waals surface area contributed by atoms with Crippen LogP contribution in [0.25, 0.3) is 0 Å². The number of amides is 2. The molecule has 0 radical (unpaired) electrons. The largest absolute Gasteiger partial charge is 0.418 e. The SMILES string of the molecule is Nc1ccc(NC(=O)N2CCOCC2)c(C(F)(F)F)c1. The van der Waals surface area contributed by atoms with Crippen LogP contribution in [-0.2, 0) is 10.9 Å². The summed E-state index contributed by atoms with van der Waals surface area (Å²) >= 11 is 0. The van der Waals surface area contributed by atoms with E-state index in [4.69, 9.17) is 10.5 Å². The molecule has 0 saturated carbocycles. The fourth-order valence-corrected chi connectivity index (χ4v) is 1.87. The van der Waals surface area contributed by atoms with E-state index in [2.05, 4.69) is 5.32 Å². The number of carbonyl (C=O) groups is 1. The van der Waals surface area contributed by atoms with Gasteiger partial charge in [0, 0.05) is 18.8 Å². The van der Waals surface area contributed by atoms with E-state index in [1.54, 1.807) is 0 Å². The van der Waals surface area contributed by atoms with Gasteiger partial charge in [-0.2, -0.15) is 13.2 Å². The normalized spacial score (nSPS) is 16.1. The van der Waals surface area contributed by atoms with E-state index in [0.717, 1.165) is 12.1 Å². The number of nitrogen functional groups attached to an aromatic ring is 1. The Balaban J connectivity index is 2.18. The van der Waals surface area contributed by atoms with E-state index in [1.165, 1.54) is 11.0 Å². The van der Waals surface area contributed by atoms with Gasteiger partial charge in [0.15, 0.2) is 0 Å². The smallest absolute Gasteiger partial charge is 0.399 e. The zero-order valence-electron chi connectivity index (χ0n) is 10.5. The molecule has 0 aliphatic carbocycles. The number of carbonyl (C=O) groups excluding carboxylic acids is 1. The second-order valence-corrected chi connectivity index (χ2v) is 4.33. The Labute approximate surface area is 113 Å². The molecule has 2 rings (SSSR count). The van der Waals surface area contributed by atoms with Crippen molar-refractivity contribution in [3.8, 4) is 0 Å². The number of rotatable bonds is 1. The van der Waals surface area contributed by atoms with Crippen molar-refractivity contribution < 1.29 is 22.7 Å². The van der Waals surface area contributed by atoms with Gasteiger partial charge >= 0.3 is 12.2 Å². The van der Waals surface area contributed by atoms with E-state index in [-0.39, 0.29) is 11.4 Å². The third kappa shape index (κ3) is 3.32. The molecule has 1 aromatic carbocycles. The molecule has 2 amide bonds. The first-order valence-corrected chi connectivity index (χ1v) is 5.98.